The number of benzene rings is 1. The zero-order chi connectivity index (χ0) is 18.2. The Hall–Kier alpha value is -1.88. The first-order valence-electron chi connectivity index (χ1n) is 9.22. The Kier molecular flexibility index (Phi) is 7.44. The summed E-state index contributed by atoms with van der Waals surface area (Å²) in [5.74, 6) is 0.636. The number of likely N-dealkylation sites (tertiary alicyclic amines) is 1. The van der Waals surface area contributed by atoms with Crippen molar-refractivity contribution in [2.45, 2.75) is 58.1 Å². The number of carbonyl (C=O) groups is 2. The number of aliphatic hydroxyl groups is 1. The average molecular weight is 346 g/mol. The second-order valence-corrected chi connectivity index (χ2v) is 7.10. The molecule has 1 fully saturated rings. The van der Waals surface area contributed by atoms with Crippen molar-refractivity contribution >= 4 is 11.8 Å². The molecule has 2 N–H and O–H groups in total. The van der Waals surface area contributed by atoms with Gasteiger partial charge in [0.2, 0.25) is 11.8 Å². The van der Waals surface area contributed by atoms with Crippen molar-refractivity contribution in [1.82, 2.24) is 10.2 Å². The fourth-order valence-corrected chi connectivity index (χ4v) is 3.33. The van der Waals surface area contributed by atoms with Crippen LogP contribution < -0.4 is 5.32 Å². The van der Waals surface area contributed by atoms with E-state index in [-0.39, 0.29) is 17.9 Å². The molecule has 0 saturated carbocycles. The molecule has 1 aromatic rings. The van der Waals surface area contributed by atoms with Crippen LogP contribution in [0.25, 0.3) is 0 Å². The van der Waals surface area contributed by atoms with Crippen LogP contribution in [0.5, 0.6) is 0 Å². The normalized spacial score (nSPS) is 17.8. The number of rotatable bonds is 7. The van der Waals surface area contributed by atoms with Crippen molar-refractivity contribution in [1.29, 1.82) is 0 Å². The van der Waals surface area contributed by atoms with Gasteiger partial charge in [0.15, 0.2) is 0 Å². The molecule has 5 heteroatoms. The summed E-state index contributed by atoms with van der Waals surface area (Å²) in [7, 11) is 0. The molecule has 1 aliphatic heterocycles. The van der Waals surface area contributed by atoms with Gasteiger partial charge in [0, 0.05) is 32.9 Å². The lowest BCUT2D eigenvalue weighted by atomic mass is 9.92. The van der Waals surface area contributed by atoms with Gasteiger partial charge >= 0.3 is 0 Å². The lowest BCUT2D eigenvalue weighted by Crippen LogP contribution is -2.42. The van der Waals surface area contributed by atoms with E-state index in [4.69, 9.17) is 0 Å². The van der Waals surface area contributed by atoms with Gasteiger partial charge in [0.05, 0.1) is 12.1 Å². The zero-order valence-corrected chi connectivity index (χ0v) is 15.3. The lowest BCUT2D eigenvalue weighted by Gasteiger charge is -2.31. The van der Waals surface area contributed by atoms with E-state index in [0.717, 1.165) is 37.9 Å². The highest BCUT2D eigenvalue weighted by molar-refractivity contribution is 5.76. The summed E-state index contributed by atoms with van der Waals surface area (Å²) in [4.78, 5) is 25.3. The summed E-state index contributed by atoms with van der Waals surface area (Å²) in [6.07, 6.45) is 3.21. The van der Waals surface area contributed by atoms with Crippen LogP contribution in [0.3, 0.4) is 0 Å². The van der Waals surface area contributed by atoms with Crippen molar-refractivity contribution in [3.05, 3.63) is 35.9 Å². The van der Waals surface area contributed by atoms with E-state index in [1.165, 1.54) is 0 Å². The van der Waals surface area contributed by atoms with E-state index >= 15 is 0 Å². The first kappa shape index (κ1) is 19.4. The second-order valence-electron chi connectivity index (χ2n) is 7.10. The maximum Gasteiger partial charge on any atom is 0.220 e. The highest BCUT2D eigenvalue weighted by Crippen LogP contribution is 2.21. The van der Waals surface area contributed by atoms with Gasteiger partial charge in [-0.05, 0) is 37.7 Å². The molecular formula is C20H30N2O3. The first-order valence-corrected chi connectivity index (χ1v) is 9.22. The Bertz CT molecular complexity index is 553. The number of nitrogens with zero attached hydrogens (tertiary/aromatic N) is 1. The topological polar surface area (TPSA) is 69.6 Å². The Balaban J connectivity index is 1.67. The Morgan fingerprint density at radius 1 is 1.24 bits per heavy atom. The van der Waals surface area contributed by atoms with E-state index < -0.39 is 6.10 Å². The number of piperidine rings is 1. The largest absolute Gasteiger partial charge is 0.391 e. The van der Waals surface area contributed by atoms with Crippen LogP contribution in [0.1, 0.15) is 45.1 Å². The molecule has 1 heterocycles. The third-order valence-corrected chi connectivity index (χ3v) is 5.09. The zero-order valence-electron chi connectivity index (χ0n) is 15.3. The summed E-state index contributed by atoms with van der Waals surface area (Å²) < 4.78 is 0. The molecule has 138 valence electrons. The van der Waals surface area contributed by atoms with E-state index in [9.17, 15) is 14.7 Å². The van der Waals surface area contributed by atoms with Gasteiger partial charge < -0.3 is 15.3 Å². The molecule has 2 amide bonds. The highest BCUT2D eigenvalue weighted by atomic mass is 16.3. The van der Waals surface area contributed by atoms with Gasteiger partial charge in [-0.25, -0.2) is 0 Å². The van der Waals surface area contributed by atoms with E-state index in [2.05, 4.69) is 5.32 Å². The predicted molar refractivity (Wildman–Crippen MR) is 98.0 cm³/mol. The van der Waals surface area contributed by atoms with Crippen LogP contribution in [0.15, 0.2) is 30.3 Å². The Morgan fingerprint density at radius 3 is 2.48 bits per heavy atom. The van der Waals surface area contributed by atoms with Gasteiger partial charge in [-0.3, -0.25) is 9.59 Å². The SMILES string of the molecule is CC(=O)N1CCC(CCC(=O)NC(C)C(O)Cc2ccccc2)CC1. The van der Waals surface area contributed by atoms with Crippen molar-refractivity contribution in [3.63, 3.8) is 0 Å². The predicted octanol–water partition coefficient (Wildman–Crippen LogP) is 2.13. The molecule has 0 radical (unpaired) electrons. The van der Waals surface area contributed by atoms with Crippen molar-refractivity contribution in [3.8, 4) is 0 Å². The van der Waals surface area contributed by atoms with Crippen LogP contribution >= 0.6 is 0 Å². The number of aliphatic hydroxyl groups excluding tert-OH is 1. The molecule has 2 unspecified atom stereocenters. The van der Waals surface area contributed by atoms with Crippen LogP contribution in [0.2, 0.25) is 0 Å². The quantitative estimate of drug-likeness (QED) is 0.795. The van der Waals surface area contributed by atoms with Gasteiger partial charge in [-0.2, -0.15) is 0 Å². The molecule has 2 rings (SSSR count). The molecule has 25 heavy (non-hydrogen) atoms. The van der Waals surface area contributed by atoms with Gasteiger partial charge in [0.1, 0.15) is 0 Å². The number of hydrogen-bond donors (Lipinski definition) is 2. The fourth-order valence-electron chi connectivity index (χ4n) is 3.33. The molecular weight excluding hydrogens is 316 g/mol. The van der Waals surface area contributed by atoms with Gasteiger partial charge in [0.25, 0.3) is 0 Å². The maximum absolute atomic E-state index is 12.1. The highest BCUT2D eigenvalue weighted by Gasteiger charge is 2.22. The van der Waals surface area contributed by atoms with Crippen LogP contribution in [-0.4, -0.2) is 47.1 Å². The number of hydrogen-bond acceptors (Lipinski definition) is 3. The molecule has 5 nitrogen and oxygen atoms in total. The second kappa shape index (κ2) is 9.56. The Morgan fingerprint density at radius 2 is 1.88 bits per heavy atom. The molecule has 2 atom stereocenters. The first-order chi connectivity index (χ1) is 12.0. The number of carbonyl (C=O) groups excluding carboxylic acids is 2. The van der Waals surface area contributed by atoms with E-state index in [1.54, 1.807) is 6.92 Å². The summed E-state index contributed by atoms with van der Waals surface area (Å²) in [6, 6.07) is 9.52. The van der Waals surface area contributed by atoms with Crippen molar-refractivity contribution in [2.24, 2.45) is 5.92 Å². The fraction of sp³-hybridized carbons (Fsp3) is 0.600. The number of nitrogens with one attached hydrogen (secondary N) is 1. The summed E-state index contributed by atoms with van der Waals surface area (Å²) in [6.45, 7) is 5.05. The minimum Gasteiger partial charge on any atom is -0.391 e. The average Bonchev–Trinajstić information content (AvgIpc) is 2.61. The molecule has 0 aliphatic carbocycles. The van der Waals surface area contributed by atoms with Crippen LogP contribution in [-0.2, 0) is 16.0 Å². The van der Waals surface area contributed by atoms with Crippen LogP contribution in [0.4, 0.5) is 0 Å². The monoisotopic (exact) mass is 346 g/mol. The third-order valence-electron chi connectivity index (χ3n) is 5.09. The Labute approximate surface area is 150 Å². The molecule has 0 bridgehead atoms. The van der Waals surface area contributed by atoms with Crippen molar-refractivity contribution < 1.29 is 14.7 Å². The molecule has 1 saturated heterocycles. The van der Waals surface area contributed by atoms with Gasteiger partial charge in [-0.15, -0.1) is 0 Å². The lowest BCUT2D eigenvalue weighted by molar-refractivity contribution is -0.130. The van der Waals surface area contributed by atoms with E-state index in [0.29, 0.717) is 18.8 Å². The molecule has 0 aromatic heterocycles. The minimum absolute atomic E-state index is 0.00592. The van der Waals surface area contributed by atoms with Crippen LogP contribution in [0, 0.1) is 5.92 Å². The van der Waals surface area contributed by atoms with Crippen molar-refractivity contribution in [2.75, 3.05) is 13.1 Å². The molecule has 0 spiro atoms. The molecule has 1 aromatic carbocycles. The third kappa shape index (κ3) is 6.50. The van der Waals surface area contributed by atoms with Gasteiger partial charge in [-0.1, -0.05) is 30.3 Å². The standard InChI is InChI=1S/C20H30N2O3/c1-15(19(24)14-18-6-4-3-5-7-18)21-20(25)9-8-17-10-12-22(13-11-17)16(2)23/h3-7,15,17,19,24H,8-14H2,1-2H3,(H,21,25). The summed E-state index contributed by atoms with van der Waals surface area (Å²) in [5.41, 5.74) is 1.06. The summed E-state index contributed by atoms with van der Waals surface area (Å²) >= 11 is 0. The smallest absolute Gasteiger partial charge is 0.220 e. The maximum atomic E-state index is 12.1. The summed E-state index contributed by atoms with van der Waals surface area (Å²) in [5, 5.41) is 13.2. The number of amides is 2. The molecule has 1 aliphatic rings. The van der Waals surface area contributed by atoms with E-state index in [1.807, 2.05) is 42.2 Å². The minimum atomic E-state index is -0.592.